The van der Waals surface area contributed by atoms with Crippen LogP contribution in [0.1, 0.15) is 25.7 Å². The van der Waals surface area contributed by atoms with E-state index in [9.17, 15) is 26.7 Å². The van der Waals surface area contributed by atoms with Gasteiger partial charge >= 0.3 is 13.1 Å². The van der Waals surface area contributed by atoms with Gasteiger partial charge in [-0.2, -0.15) is 17.0 Å². The van der Waals surface area contributed by atoms with E-state index in [1.165, 1.54) is 4.31 Å². The fourth-order valence-corrected chi connectivity index (χ4v) is 8.51. The summed E-state index contributed by atoms with van der Waals surface area (Å²) in [6.45, 7) is 0.466. The number of carbonyl (C=O) groups is 1. The molecule has 3 heterocycles. The van der Waals surface area contributed by atoms with Gasteiger partial charge in [0.05, 0.1) is 17.5 Å². The second-order valence-electron chi connectivity index (χ2n) is 9.26. The quantitative estimate of drug-likeness (QED) is 0.199. The van der Waals surface area contributed by atoms with Crippen molar-refractivity contribution in [3.8, 4) is 0 Å². The summed E-state index contributed by atoms with van der Waals surface area (Å²) < 4.78 is 53.7. The Morgan fingerprint density at radius 1 is 1.31 bits per heavy atom. The minimum absolute atomic E-state index is 0.0367. The molecule has 32 heavy (non-hydrogen) atoms. The highest BCUT2D eigenvalue weighted by Crippen LogP contribution is 2.34. The van der Waals surface area contributed by atoms with E-state index in [2.05, 4.69) is 5.32 Å². The van der Waals surface area contributed by atoms with Crippen LogP contribution < -0.4 is 11.1 Å². The first kappa shape index (κ1) is 25.8. The number of hydrogen-bond acceptors (Lipinski definition) is 9. The van der Waals surface area contributed by atoms with Gasteiger partial charge in [0.1, 0.15) is 5.54 Å². The predicted molar refractivity (Wildman–Crippen MR) is 118 cm³/mol. The van der Waals surface area contributed by atoms with Gasteiger partial charge in [0.15, 0.2) is 9.84 Å². The zero-order valence-corrected chi connectivity index (χ0v) is 19.6. The van der Waals surface area contributed by atoms with Crippen LogP contribution in [-0.2, 0) is 24.8 Å². The maximum Gasteiger partial charge on any atom is 0.451 e. The van der Waals surface area contributed by atoms with Crippen molar-refractivity contribution >= 4 is 33.1 Å². The fraction of sp³-hybridized carbons (Fsp3) is 0.941. The summed E-state index contributed by atoms with van der Waals surface area (Å²) in [6, 6.07) is -0.329. The molecule has 0 radical (unpaired) electrons. The van der Waals surface area contributed by atoms with Crippen molar-refractivity contribution in [2.75, 3.05) is 44.2 Å². The number of carboxylic acid groups (broad SMARTS) is 1. The molecule has 12 nitrogen and oxygen atoms in total. The Morgan fingerprint density at radius 3 is 2.53 bits per heavy atom. The molecule has 0 aromatic heterocycles. The van der Waals surface area contributed by atoms with Gasteiger partial charge in [-0.05, 0) is 31.5 Å². The molecular weight excluding hydrogens is 463 g/mol. The van der Waals surface area contributed by atoms with Gasteiger partial charge < -0.3 is 26.2 Å². The van der Waals surface area contributed by atoms with E-state index in [0.29, 0.717) is 32.4 Å². The number of sulfone groups is 1. The summed E-state index contributed by atoms with van der Waals surface area (Å²) in [5.74, 6) is -2.24. The van der Waals surface area contributed by atoms with E-state index in [0.717, 1.165) is 4.31 Å². The van der Waals surface area contributed by atoms with E-state index in [1.54, 1.807) is 0 Å². The van der Waals surface area contributed by atoms with Crippen LogP contribution >= 0.6 is 0 Å². The van der Waals surface area contributed by atoms with Gasteiger partial charge in [-0.3, -0.25) is 4.79 Å². The second-order valence-corrected chi connectivity index (χ2v) is 13.4. The van der Waals surface area contributed by atoms with E-state index < -0.39 is 51.1 Å². The van der Waals surface area contributed by atoms with Crippen LogP contribution in [0.15, 0.2) is 0 Å². The summed E-state index contributed by atoms with van der Waals surface area (Å²) in [4.78, 5) is 11.9. The maximum absolute atomic E-state index is 13.6. The highest BCUT2D eigenvalue weighted by molar-refractivity contribution is 7.91. The number of aliphatic carboxylic acids is 1. The minimum atomic E-state index is -4.09. The van der Waals surface area contributed by atoms with Crippen LogP contribution in [0.3, 0.4) is 0 Å². The molecule has 0 saturated carbocycles. The average molecular weight is 496 g/mol. The Hall–Kier alpha value is -0.805. The van der Waals surface area contributed by atoms with Gasteiger partial charge in [0.25, 0.3) is 10.2 Å². The first-order valence-electron chi connectivity index (χ1n) is 10.9. The lowest BCUT2D eigenvalue weighted by molar-refractivity contribution is -0.144. The normalized spacial score (nSPS) is 31.5. The summed E-state index contributed by atoms with van der Waals surface area (Å²) in [6.07, 6.45) is 1.68. The number of rotatable bonds is 10. The number of nitrogens with zero attached hydrogens (tertiary/aromatic N) is 2. The van der Waals surface area contributed by atoms with E-state index in [1.807, 2.05) is 0 Å². The lowest BCUT2D eigenvalue weighted by Gasteiger charge is -2.41. The predicted octanol–water partition coefficient (Wildman–Crippen LogP) is -2.70. The van der Waals surface area contributed by atoms with Gasteiger partial charge in [0, 0.05) is 38.6 Å². The van der Waals surface area contributed by atoms with Crippen molar-refractivity contribution in [2.45, 2.75) is 43.6 Å². The van der Waals surface area contributed by atoms with Crippen LogP contribution in [0.5, 0.6) is 0 Å². The smallest absolute Gasteiger partial charge is 0.451 e. The van der Waals surface area contributed by atoms with Crippen LogP contribution in [-0.4, -0.2) is 109 Å². The van der Waals surface area contributed by atoms with E-state index >= 15 is 0 Å². The molecule has 15 heteroatoms. The standard InChI is InChI=1S/C17H33BN4O8S2/c19-17(16(23)24)12-21(10-14(17)4-1-5-18(25)26)32(29,30)22(15-7-20-8-15)9-13-3-2-6-31(27,28)11-13/h13-15,20,25-26H,1-12,19H2,(H,23,24)/t13?,14-,17-/m0/s1. The Labute approximate surface area is 189 Å². The van der Waals surface area contributed by atoms with Crippen molar-refractivity contribution in [2.24, 2.45) is 17.6 Å². The first-order valence-corrected chi connectivity index (χ1v) is 14.1. The summed E-state index contributed by atoms with van der Waals surface area (Å²) in [5.41, 5.74) is 4.37. The molecule has 184 valence electrons. The number of nitrogens with one attached hydrogen (secondary N) is 1. The Balaban J connectivity index is 1.78. The third-order valence-corrected chi connectivity index (χ3v) is 10.6. The molecular formula is C17H33BN4O8S2. The molecule has 3 rings (SSSR count). The second kappa shape index (κ2) is 9.82. The highest BCUT2D eigenvalue weighted by Gasteiger charge is 2.54. The van der Waals surface area contributed by atoms with Gasteiger partial charge in [0.2, 0.25) is 0 Å². The fourth-order valence-electron chi connectivity index (χ4n) is 4.78. The monoisotopic (exact) mass is 496 g/mol. The van der Waals surface area contributed by atoms with E-state index in [-0.39, 0.29) is 49.3 Å². The SMILES string of the molecule is N[C@@]1(C(=O)O)CN(S(=O)(=O)N(CC2CCCS(=O)(=O)C2)C2CNC2)C[C@@H]1CCCB(O)O. The summed E-state index contributed by atoms with van der Waals surface area (Å²) in [7, 11) is -8.81. The molecule has 1 unspecified atom stereocenters. The zero-order chi connectivity index (χ0) is 23.7. The molecule has 6 N–H and O–H groups in total. The molecule has 0 amide bonds. The van der Waals surface area contributed by atoms with Crippen LogP contribution in [0.2, 0.25) is 6.32 Å². The van der Waals surface area contributed by atoms with Crippen LogP contribution in [0.25, 0.3) is 0 Å². The molecule has 0 aromatic carbocycles. The molecule has 0 spiro atoms. The minimum Gasteiger partial charge on any atom is -0.480 e. The number of hydrogen-bond donors (Lipinski definition) is 5. The molecule has 3 aliphatic heterocycles. The highest BCUT2D eigenvalue weighted by atomic mass is 32.2. The Morgan fingerprint density at radius 2 is 2.00 bits per heavy atom. The summed E-state index contributed by atoms with van der Waals surface area (Å²) in [5, 5.41) is 30.9. The van der Waals surface area contributed by atoms with Crippen LogP contribution in [0, 0.1) is 11.8 Å². The first-order chi connectivity index (χ1) is 14.8. The Kier molecular flexibility index (Phi) is 7.92. The number of nitrogens with two attached hydrogens (primary N) is 1. The van der Waals surface area contributed by atoms with Gasteiger partial charge in [-0.15, -0.1) is 0 Å². The number of carboxylic acids is 1. The molecule has 0 aromatic rings. The molecule has 3 atom stereocenters. The van der Waals surface area contributed by atoms with Crippen molar-refractivity contribution < 1.29 is 36.8 Å². The van der Waals surface area contributed by atoms with Gasteiger partial charge in [-0.25, -0.2) is 8.42 Å². The zero-order valence-electron chi connectivity index (χ0n) is 18.0. The molecule has 0 aliphatic carbocycles. The summed E-state index contributed by atoms with van der Waals surface area (Å²) >= 11 is 0. The van der Waals surface area contributed by atoms with E-state index in [4.69, 9.17) is 15.8 Å². The topological polar surface area (TPSA) is 191 Å². The lowest BCUT2D eigenvalue weighted by Crippen LogP contribution is -2.62. The maximum atomic E-state index is 13.6. The van der Waals surface area contributed by atoms with Gasteiger partial charge in [-0.1, -0.05) is 6.42 Å². The van der Waals surface area contributed by atoms with Crippen molar-refractivity contribution in [1.29, 1.82) is 0 Å². The average Bonchev–Trinajstić information content (AvgIpc) is 2.98. The molecule has 0 bridgehead atoms. The molecule has 3 aliphatic rings. The molecule has 3 saturated heterocycles. The third kappa shape index (κ3) is 5.63. The van der Waals surface area contributed by atoms with Crippen LogP contribution in [0.4, 0.5) is 0 Å². The third-order valence-electron chi connectivity index (χ3n) is 6.79. The lowest BCUT2D eigenvalue weighted by atomic mass is 9.78. The molecule has 3 fully saturated rings. The largest absolute Gasteiger partial charge is 0.480 e. The van der Waals surface area contributed by atoms with Crippen molar-refractivity contribution in [3.63, 3.8) is 0 Å². The van der Waals surface area contributed by atoms with Crippen molar-refractivity contribution in [1.82, 2.24) is 13.9 Å². The van der Waals surface area contributed by atoms with Crippen molar-refractivity contribution in [3.05, 3.63) is 0 Å². The Bertz CT molecular complexity index is 898.